The number of hydrogen-bond acceptors (Lipinski definition) is 2. The van der Waals surface area contributed by atoms with Gasteiger partial charge in [0.1, 0.15) is 6.07 Å². The van der Waals surface area contributed by atoms with Gasteiger partial charge in [0.05, 0.1) is 10.3 Å². The summed E-state index contributed by atoms with van der Waals surface area (Å²) in [6.07, 6.45) is 1.09. The fraction of sp³-hybridized carbons (Fsp3) is 0.471. The van der Waals surface area contributed by atoms with E-state index in [-0.39, 0.29) is 5.41 Å². The molecule has 0 spiro atoms. The zero-order chi connectivity index (χ0) is 14.2. The Morgan fingerprint density at radius 3 is 2.42 bits per heavy atom. The van der Waals surface area contributed by atoms with Crippen LogP contribution in [0.5, 0.6) is 0 Å². The van der Waals surface area contributed by atoms with Crippen LogP contribution in [0.15, 0.2) is 18.2 Å². The van der Waals surface area contributed by atoms with Gasteiger partial charge in [-0.3, -0.25) is 0 Å². The molecule has 2 rings (SSSR count). The normalized spacial score (nSPS) is 12.1. The van der Waals surface area contributed by atoms with Gasteiger partial charge >= 0.3 is 0 Å². The highest BCUT2D eigenvalue weighted by Crippen LogP contribution is 2.34. The second kappa shape index (κ2) is 4.98. The number of nitrogens with zero attached hydrogens (tertiary/aromatic N) is 1. The van der Waals surface area contributed by atoms with E-state index in [1.54, 1.807) is 11.3 Å². The van der Waals surface area contributed by atoms with E-state index in [4.69, 9.17) is 0 Å². The van der Waals surface area contributed by atoms with Crippen molar-refractivity contribution in [2.45, 2.75) is 46.5 Å². The molecule has 0 N–H and O–H groups in total. The van der Waals surface area contributed by atoms with Gasteiger partial charge in [0.25, 0.3) is 0 Å². The van der Waals surface area contributed by atoms with E-state index in [9.17, 15) is 5.26 Å². The average Bonchev–Trinajstić information content (AvgIpc) is 2.67. The maximum Gasteiger partial charge on any atom is 0.101 e. The first-order valence-corrected chi connectivity index (χ1v) is 7.60. The van der Waals surface area contributed by atoms with Crippen molar-refractivity contribution in [3.05, 3.63) is 34.2 Å². The third kappa shape index (κ3) is 2.98. The Morgan fingerprint density at radius 2 is 1.89 bits per heavy atom. The zero-order valence-corrected chi connectivity index (χ0v) is 13.2. The van der Waals surface area contributed by atoms with Gasteiger partial charge < -0.3 is 0 Å². The summed E-state index contributed by atoms with van der Waals surface area (Å²) in [6, 6.07) is 8.92. The summed E-state index contributed by atoms with van der Waals surface area (Å²) in [5.41, 5.74) is 2.15. The molecule has 1 aromatic carbocycles. The predicted molar refractivity (Wildman–Crippen MR) is 83.8 cm³/mol. The first-order chi connectivity index (χ1) is 8.81. The molecule has 2 aromatic rings. The lowest BCUT2D eigenvalue weighted by Crippen LogP contribution is -2.11. The van der Waals surface area contributed by atoms with E-state index in [2.05, 4.69) is 58.9 Å². The van der Waals surface area contributed by atoms with Crippen LogP contribution in [0.2, 0.25) is 0 Å². The average molecular weight is 271 g/mol. The predicted octanol–water partition coefficient (Wildman–Crippen LogP) is 5.27. The summed E-state index contributed by atoms with van der Waals surface area (Å²) in [5.74, 6) is 0.653. The van der Waals surface area contributed by atoms with E-state index in [1.165, 1.54) is 15.8 Å². The molecule has 0 bridgehead atoms. The van der Waals surface area contributed by atoms with Crippen molar-refractivity contribution in [3.63, 3.8) is 0 Å². The van der Waals surface area contributed by atoms with Gasteiger partial charge in [-0.15, -0.1) is 11.3 Å². The highest BCUT2D eigenvalue weighted by Gasteiger charge is 2.17. The topological polar surface area (TPSA) is 23.8 Å². The van der Waals surface area contributed by atoms with Crippen molar-refractivity contribution in [2.24, 2.45) is 5.92 Å². The minimum Gasteiger partial charge on any atom is -0.192 e. The molecule has 1 aromatic heterocycles. The number of fused-ring (bicyclic) bond motifs is 1. The largest absolute Gasteiger partial charge is 0.192 e. The standard InChI is InChI=1S/C17H21NS/c1-11(2)6-15-9-12-7-14(17(3,4)5)8-13(10-18)16(12)19-15/h7-9,11H,6H2,1-5H3. The van der Waals surface area contributed by atoms with Crippen LogP contribution in [0, 0.1) is 17.2 Å². The van der Waals surface area contributed by atoms with Crippen LogP contribution in [0.4, 0.5) is 0 Å². The molecular weight excluding hydrogens is 250 g/mol. The molecule has 1 heterocycles. The van der Waals surface area contributed by atoms with Gasteiger partial charge in [-0.05, 0) is 46.9 Å². The van der Waals surface area contributed by atoms with Crippen molar-refractivity contribution < 1.29 is 0 Å². The molecule has 0 amide bonds. The Balaban J connectivity index is 2.61. The van der Waals surface area contributed by atoms with Gasteiger partial charge in [-0.2, -0.15) is 5.26 Å². The monoisotopic (exact) mass is 271 g/mol. The van der Waals surface area contributed by atoms with Crippen LogP contribution in [0.1, 0.15) is 50.6 Å². The van der Waals surface area contributed by atoms with Gasteiger partial charge in [-0.1, -0.05) is 34.6 Å². The second-order valence-corrected chi connectivity index (χ2v) is 7.75. The number of hydrogen-bond donors (Lipinski definition) is 0. The molecule has 2 heteroatoms. The third-order valence-corrected chi connectivity index (χ3v) is 4.47. The van der Waals surface area contributed by atoms with Gasteiger partial charge in [0.15, 0.2) is 0 Å². The molecule has 0 saturated heterocycles. The van der Waals surface area contributed by atoms with E-state index < -0.39 is 0 Å². The van der Waals surface area contributed by atoms with Crippen LogP contribution >= 0.6 is 11.3 Å². The second-order valence-electron chi connectivity index (χ2n) is 6.61. The summed E-state index contributed by atoms with van der Waals surface area (Å²) in [5, 5.41) is 10.6. The zero-order valence-electron chi connectivity index (χ0n) is 12.4. The molecule has 0 radical (unpaired) electrons. The molecule has 0 aliphatic heterocycles. The maximum atomic E-state index is 9.37. The summed E-state index contributed by atoms with van der Waals surface area (Å²) < 4.78 is 1.14. The number of nitriles is 1. The van der Waals surface area contributed by atoms with Crippen LogP contribution in [0.3, 0.4) is 0 Å². The quantitative estimate of drug-likeness (QED) is 0.730. The Bertz CT molecular complexity index is 636. The molecule has 0 aliphatic rings. The van der Waals surface area contributed by atoms with Crippen LogP contribution in [-0.2, 0) is 11.8 Å². The van der Waals surface area contributed by atoms with Crippen LogP contribution in [0.25, 0.3) is 10.1 Å². The van der Waals surface area contributed by atoms with E-state index in [1.807, 2.05) is 0 Å². The van der Waals surface area contributed by atoms with Crippen molar-refractivity contribution in [1.29, 1.82) is 5.26 Å². The maximum absolute atomic E-state index is 9.37. The van der Waals surface area contributed by atoms with Crippen molar-refractivity contribution in [2.75, 3.05) is 0 Å². The summed E-state index contributed by atoms with van der Waals surface area (Å²) in [4.78, 5) is 1.38. The lowest BCUT2D eigenvalue weighted by atomic mass is 9.85. The fourth-order valence-corrected chi connectivity index (χ4v) is 3.54. The summed E-state index contributed by atoms with van der Waals surface area (Å²) in [6.45, 7) is 11.0. The molecule has 19 heavy (non-hydrogen) atoms. The molecule has 0 unspecified atom stereocenters. The molecule has 0 fully saturated rings. The van der Waals surface area contributed by atoms with Crippen LogP contribution < -0.4 is 0 Å². The summed E-state index contributed by atoms with van der Waals surface area (Å²) >= 11 is 1.77. The first-order valence-electron chi connectivity index (χ1n) is 6.78. The van der Waals surface area contributed by atoms with E-state index >= 15 is 0 Å². The Morgan fingerprint density at radius 1 is 1.21 bits per heavy atom. The Labute approximate surface area is 119 Å². The van der Waals surface area contributed by atoms with Gasteiger partial charge in [0.2, 0.25) is 0 Å². The minimum absolute atomic E-state index is 0.0833. The van der Waals surface area contributed by atoms with Gasteiger partial charge in [0, 0.05) is 4.88 Å². The van der Waals surface area contributed by atoms with Crippen LogP contribution in [-0.4, -0.2) is 0 Å². The lowest BCUT2D eigenvalue weighted by Gasteiger charge is -2.19. The molecule has 0 aliphatic carbocycles. The van der Waals surface area contributed by atoms with Crippen molar-refractivity contribution in [3.8, 4) is 6.07 Å². The van der Waals surface area contributed by atoms with Gasteiger partial charge in [-0.25, -0.2) is 0 Å². The highest BCUT2D eigenvalue weighted by atomic mass is 32.1. The number of benzene rings is 1. The van der Waals surface area contributed by atoms with E-state index in [0.29, 0.717) is 5.92 Å². The molecular formula is C17H21NS. The number of rotatable bonds is 2. The van der Waals surface area contributed by atoms with E-state index in [0.717, 1.165) is 16.7 Å². The fourth-order valence-electron chi connectivity index (χ4n) is 2.23. The molecule has 0 saturated carbocycles. The Kier molecular flexibility index (Phi) is 3.69. The number of thiophene rings is 1. The minimum atomic E-state index is 0.0833. The molecule has 0 atom stereocenters. The Hall–Kier alpha value is -1.33. The summed E-state index contributed by atoms with van der Waals surface area (Å²) in [7, 11) is 0. The lowest BCUT2D eigenvalue weighted by molar-refractivity contribution is 0.591. The van der Waals surface area contributed by atoms with Crippen molar-refractivity contribution >= 4 is 21.4 Å². The SMILES string of the molecule is CC(C)Cc1cc2cc(C(C)(C)C)cc(C#N)c2s1. The first kappa shape index (κ1) is 14.1. The third-order valence-electron chi connectivity index (χ3n) is 3.26. The smallest absolute Gasteiger partial charge is 0.101 e. The molecule has 100 valence electrons. The molecule has 1 nitrogen and oxygen atoms in total. The van der Waals surface area contributed by atoms with Crippen molar-refractivity contribution in [1.82, 2.24) is 0 Å². The highest BCUT2D eigenvalue weighted by molar-refractivity contribution is 7.19.